The highest BCUT2D eigenvalue weighted by Gasteiger charge is 2.21. The van der Waals surface area contributed by atoms with Gasteiger partial charge in [-0.2, -0.15) is 0 Å². The lowest BCUT2D eigenvalue weighted by molar-refractivity contribution is -0.127. The first-order valence-electron chi connectivity index (χ1n) is 10.1. The van der Waals surface area contributed by atoms with Crippen LogP contribution < -0.4 is 10.2 Å². The van der Waals surface area contributed by atoms with E-state index in [1.165, 1.54) is 4.90 Å². The molecule has 1 aromatic heterocycles. The number of benzene rings is 1. The molecule has 0 unspecified atom stereocenters. The Morgan fingerprint density at radius 2 is 1.77 bits per heavy atom. The van der Waals surface area contributed by atoms with Crippen LogP contribution in [0.5, 0.6) is 0 Å². The van der Waals surface area contributed by atoms with Crippen LogP contribution >= 0.6 is 35.7 Å². The van der Waals surface area contributed by atoms with Gasteiger partial charge in [-0.15, -0.1) is 35.7 Å². The zero-order valence-corrected chi connectivity index (χ0v) is 21.1. The van der Waals surface area contributed by atoms with Crippen molar-refractivity contribution in [1.82, 2.24) is 25.1 Å². The average Bonchev–Trinajstić information content (AvgIpc) is 2.79. The van der Waals surface area contributed by atoms with Gasteiger partial charge in [0.15, 0.2) is 5.96 Å². The van der Waals surface area contributed by atoms with Crippen LogP contribution in [-0.4, -0.2) is 90.8 Å². The molecule has 1 amide bonds. The SMILES string of the molecule is CN(C)C(=O)CN=C(NCCSc1ccccc1)N1CCN(c2ncccn2)CC1.I. The van der Waals surface area contributed by atoms with Crippen LogP contribution in [0.4, 0.5) is 5.95 Å². The number of nitrogens with one attached hydrogen (secondary N) is 1. The quantitative estimate of drug-likeness (QED) is 0.184. The molecule has 8 nitrogen and oxygen atoms in total. The predicted molar refractivity (Wildman–Crippen MR) is 137 cm³/mol. The monoisotopic (exact) mass is 555 g/mol. The first-order chi connectivity index (χ1) is 14.6. The average molecular weight is 555 g/mol. The summed E-state index contributed by atoms with van der Waals surface area (Å²) in [7, 11) is 3.50. The smallest absolute Gasteiger partial charge is 0.243 e. The van der Waals surface area contributed by atoms with Crippen LogP contribution in [0.2, 0.25) is 0 Å². The number of guanidine groups is 1. The van der Waals surface area contributed by atoms with Gasteiger partial charge in [-0.05, 0) is 18.2 Å². The van der Waals surface area contributed by atoms with Crippen LogP contribution in [0.1, 0.15) is 0 Å². The van der Waals surface area contributed by atoms with E-state index in [0.29, 0.717) is 0 Å². The summed E-state index contributed by atoms with van der Waals surface area (Å²) in [5.41, 5.74) is 0. The van der Waals surface area contributed by atoms with E-state index >= 15 is 0 Å². The van der Waals surface area contributed by atoms with Crippen molar-refractivity contribution < 1.29 is 4.79 Å². The lowest BCUT2D eigenvalue weighted by atomic mass is 10.3. The van der Waals surface area contributed by atoms with Crippen LogP contribution in [0.25, 0.3) is 0 Å². The Bertz CT molecular complexity index is 815. The Morgan fingerprint density at radius 3 is 2.42 bits per heavy atom. The number of rotatable bonds is 7. The number of nitrogens with zero attached hydrogens (tertiary/aromatic N) is 6. The lowest BCUT2D eigenvalue weighted by Gasteiger charge is -2.36. The van der Waals surface area contributed by atoms with Crippen LogP contribution in [0.15, 0.2) is 58.7 Å². The molecule has 2 heterocycles. The molecule has 168 valence electrons. The van der Waals surface area contributed by atoms with E-state index in [2.05, 4.69) is 42.2 Å². The first-order valence-corrected chi connectivity index (χ1v) is 11.1. The largest absolute Gasteiger partial charge is 0.355 e. The van der Waals surface area contributed by atoms with Gasteiger partial charge in [-0.1, -0.05) is 18.2 Å². The fraction of sp³-hybridized carbons (Fsp3) is 0.429. The normalized spacial score (nSPS) is 14.1. The highest BCUT2D eigenvalue weighted by molar-refractivity contribution is 14.0. The number of aromatic nitrogens is 2. The Hall–Kier alpha value is -2.08. The third-order valence-corrected chi connectivity index (χ3v) is 5.69. The van der Waals surface area contributed by atoms with E-state index in [4.69, 9.17) is 0 Å². The Kier molecular flexibility index (Phi) is 10.9. The molecule has 0 bridgehead atoms. The molecule has 0 atom stereocenters. The molecule has 0 saturated carbocycles. The fourth-order valence-corrected chi connectivity index (χ4v) is 3.76. The number of hydrogen-bond donors (Lipinski definition) is 1. The molecule has 0 radical (unpaired) electrons. The molecule has 0 aliphatic carbocycles. The second kappa shape index (κ2) is 13.4. The maximum absolute atomic E-state index is 12.0. The molecule has 1 aliphatic rings. The molecule has 31 heavy (non-hydrogen) atoms. The number of carbonyl (C=O) groups excluding carboxylic acids is 1. The van der Waals surface area contributed by atoms with Crippen molar-refractivity contribution in [3.63, 3.8) is 0 Å². The molecule has 1 fully saturated rings. The first kappa shape index (κ1) is 25.2. The van der Waals surface area contributed by atoms with E-state index in [1.807, 2.05) is 24.3 Å². The number of anilines is 1. The Balaban J connectivity index is 0.00000341. The van der Waals surface area contributed by atoms with E-state index in [-0.39, 0.29) is 36.4 Å². The zero-order valence-electron chi connectivity index (χ0n) is 18.0. The van der Waals surface area contributed by atoms with Gasteiger partial charge in [0, 0.05) is 69.9 Å². The summed E-state index contributed by atoms with van der Waals surface area (Å²) in [4.78, 5) is 32.5. The van der Waals surface area contributed by atoms with Crippen molar-refractivity contribution in [2.45, 2.75) is 4.90 Å². The van der Waals surface area contributed by atoms with Crippen molar-refractivity contribution >= 4 is 53.6 Å². The topological polar surface area (TPSA) is 77.0 Å². The zero-order chi connectivity index (χ0) is 21.2. The fourth-order valence-electron chi connectivity index (χ4n) is 2.97. The van der Waals surface area contributed by atoms with Crippen molar-refractivity contribution in [2.24, 2.45) is 4.99 Å². The summed E-state index contributed by atoms with van der Waals surface area (Å²) < 4.78 is 0. The Morgan fingerprint density at radius 1 is 1.10 bits per heavy atom. The number of thioether (sulfide) groups is 1. The van der Waals surface area contributed by atoms with E-state index in [9.17, 15) is 4.79 Å². The molecule has 3 rings (SSSR count). The summed E-state index contributed by atoms with van der Waals surface area (Å²) in [5.74, 6) is 2.45. The molecule has 1 aromatic carbocycles. The molecule has 1 saturated heterocycles. The second-order valence-corrected chi connectivity index (χ2v) is 8.21. The number of halogens is 1. The van der Waals surface area contributed by atoms with Crippen molar-refractivity contribution in [2.75, 3.05) is 64.0 Å². The van der Waals surface area contributed by atoms with Gasteiger partial charge in [0.25, 0.3) is 0 Å². The van der Waals surface area contributed by atoms with Gasteiger partial charge in [-0.25, -0.2) is 15.0 Å². The van der Waals surface area contributed by atoms with E-state index < -0.39 is 0 Å². The predicted octanol–water partition coefficient (Wildman–Crippen LogP) is 2.04. The van der Waals surface area contributed by atoms with Crippen LogP contribution in [0.3, 0.4) is 0 Å². The summed E-state index contributed by atoms with van der Waals surface area (Å²) in [6, 6.07) is 12.2. The molecule has 0 spiro atoms. The molecular formula is C21H30IN7OS. The highest BCUT2D eigenvalue weighted by Crippen LogP contribution is 2.16. The van der Waals surface area contributed by atoms with Gasteiger partial charge in [-0.3, -0.25) is 4.79 Å². The lowest BCUT2D eigenvalue weighted by Crippen LogP contribution is -2.53. The van der Waals surface area contributed by atoms with Crippen molar-refractivity contribution in [3.05, 3.63) is 48.8 Å². The minimum atomic E-state index is -0.00992. The van der Waals surface area contributed by atoms with Gasteiger partial charge in [0.05, 0.1) is 0 Å². The third-order valence-electron chi connectivity index (χ3n) is 4.67. The number of piperazine rings is 1. The molecule has 10 heteroatoms. The summed E-state index contributed by atoms with van der Waals surface area (Å²) >= 11 is 1.80. The number of aliphatic imine (C=N–C) groups is 1. The minimum absolute atomic E-state index is 0. The van der Waals surface area contributed by atoms with Crippen molar-refractivity contribution in [1.29, 1.82) is 0 Å². The third kappa shape index (κ3) is 8.17. The van der Waals surface area contributed by atoms with Gasteiger partial charge in [0.2, 0.25) is 11.9 Å². The van der Waals surface area contributed by atoms with Gasteiger partial charge < -0.3 is 20.0 Å². The van der Waals surface area contributed by atoms with Crippen LogP contribution in [0, 0.1) is 0 Å². The van der Waals surface area contributed by atoms with E-state index in [0.717, 1.165) is 50.4 Å². The number of likely N-dealkylation sites (N-methyl/N-ethyl adjacent to an activating group) is 1. The summed E-state index contributed by atoms with van der Waals surface area (Å²) in [5, 5.41) is 3.44. The molecular weight excluding hydrogens is 525 g/mol. The van der Waals surface area contributed by atoms with Gasteiger partial charge >= 0.3 is 0 Å². The number of hydrogen-bond acceptors (Lipinski definition) is 6. The number of carbonyl (C=O) groups is 1. The standard InChI is InChI=1S/C21H29N7OS.HI/c1-26(2)19(29)17-25-21(24-11-16-30-18-7-4-3-5-8-18)28-14-12-27(13-15-28)20-22-9-6-10-23-20;/h3-10H,11-17H2,1-2H3,(H,24,25);1H. The van der Waals surface area contributed by atoms with E-state index in [1.54, 1.807) is 43.2 Å². The summed E-state index contributed by atoms with van der Waals surface area (Å²) in [6.07, 6.45) is 3.53. The van der Waals surface area contributed by atoms with Crippen LogP contribution in [-0.2, 0) is 4.79 Å². The summed E-state index contributed by atoms with van der Waals surface area (Å²) in [6.45, 7) is 4.13. The second-order valence-electron chi connectivity index (χ2n) is 7.04. The van der Waals surface area contributed by atoms with Crippen molar-refractivity contribution in [3.8, 4) is 0 Å². The molecule has 1 N–H and O–H groups in total. The number of amides is 1. The maximum atomic E-state index is 12.0. The minimum Gasteiger partial charge on any atom is -0.355 e. The Labute approximate surface area is 205 Å². The molecule has 2 aromatic rings. The molecule has 1 aliphatic heterocycles. The maximum Gasteiger partial charge on any atom is 0.243 e. The highest BCUT2D eigenvalue weighted by atomic mass is 127. The van der Waals surface area contributed by atoms with Gasteiger partial charge in [0.1, 0.15) is 6.54 Å².